The third kappa shape index (κ3) is 2.81. The standard InChI is InChI=1S/C10H15F3N4O/c1-5-15-9(6-2-7(14)8(18)3-6)17(16-5)4-10(11,12)13/h6-8,18H,2-4,14H2,1H3/t6-,7+,8+/m0/s1. The number of hydrogen-bond donors (Lipinski definition) is 2. The molecule has 0 amide bonds. The van der Waals surface area contributed by atoms with Crippen LogP contribution in [0, 0.1) is 6.92 Å². The summed E-state index contributed by atoms with van der Waals surface area (Å²) in [5, 5.41) is 13.3. The summed E-state index contributed by atoms with van der Waals surface area (Å²) in [6.07, 6.45) is -4.27. The molecule has 1 aromatic heterocycles. The quantitative estimate of drug-likeness (QED) is 0.825. The average Bonchev–Trinajstić information content (AvgIpc) is 2.69. The molecule has 8 heteroatoms. The Bertz CT molecular complexity index is 421. The van der Waals surface area contributed by atoms with Crippen LogP contribution in [0.3, 0.4) is 0 Å². The van der Waals surface area contributed by atoms with E-state index in [-0.39, 0.29) is 11.7 Å². The highest BCUT2D eigenvalue weighted by Crippen LogP contribution is 2.33. The van der Waals surface area contributed by atoms with E-state index in [9.17, 15) is 18.3 Å². The molecule has 102 valence electrons. The van der Waals surface area contributed by atoms with E-state index < -0.39 is 24.9 Å². The molecule has 1 aromatic rings. The minimum atomic E-state index is -4.34. The van der Waals surface area contributed by atoms with Gasteiger partial charge in [-0.2, -0.15) is 18.3 Å². The van der Waals surface area contributed by atoms with Crippen LogP contribution in [-0.4, -0.2) is 38.2 Å². The van der Waals surface area contributed by atoms with E-state index in [1.165, 1.54) is 0 Å². The number of aromatic nitrogens is 3. The summed E-state index contributed by atoms with van der Waals surface area (Å²) in [5.41, 5.74) is 5.66. The molecule has 3 N–H and O–H groups in total. The first-order valence-electron chi connectivity index (χ1n) is 5.68. The van der Waals surface area contributed by atoms with E-state index in [2.05, 4.69) is 10.1 Å². The molecule has 0 radical (unpaired) electrons. The lowest BCUT2D eigenvalue weighted by Gasteiger charge is -2.12. The van der Waals surface area contributed by atoms with Crippen LogP contribution < -0.4 is 5.73 Å². The summed E-state index contributed by atoms with van der Waals surface area (Å²) in [7, 11) is 0. The number of nitrogens with two attached hydrogens (primary N) is 1. The highest BCUT2D eigenvalue weighted by atomic mass is 19.4. The third-order valence-corrected chi connectivity index (χ3v) is 3.08. The number of nitrogens with zero attached hydrogens (tertiary/aromatic N) is 3. The predicted molar refractivity (Wildman–Crippen MR) is 56.8 cm³/mol. The molecule has 0 bridgehead atoms. The maximum atomic E-state index is 12.4. The van der Waals surface area contributed by atoms with Gasteiger partial charge in [-0.15, -0.1) is 0 Å². The first-order chi connectivity index (χ1) is 8.26. The number of aliphatic hydroxyl groups is 1. The van der Waals surface area contributed by atoms with Gasteiger partial charge in [-0.1, -0.05) is 0 Å². The van der Waals surface area contributed by atoms with E-state index in [0.29, 0.717) is 18.7 Å². The Labute approximate surface area is 102 Å². The number of aliphatic hydroxyl groups excluding tert-OH is 1. The number of aryl methyl sites for hydroxylation is 1. The first kappa shape index (κ1) is 13.3. The monoisotopic (exact) mass is 264 g/mol. The SMILES string of the molecule is Cc1nc([C@H]2C[C@@H](N)[C@H](O)C2)n(CC(F)(F)F)n1. The van der Waals surface area contributed by atoms with Crippen molar-refractivity contribution in [3.05, 3.63) is 11.6 Å². The van der Waals surface area contributed by atoms with Crippen LogP contribution in [0.1, 0.15) is 30.4 Å². The van der Waals surface area contributed by atoms with E-state index in [1.54, 1.807) is 6.92 Å². The lowest BCUT2D eigenvalue weighted by Crippen LogP contribution is -2.28. The smallest absolute Gasteiger partial charge is 0.391 e. The van der Waals surface area contributed by atoms with Crippen molar-refractivity contribution < 1.29 is 18.3 Å². The number of rotatable bonds is 2. The summed E-state index contributed by atoms with van der Waals surface area (Å²) in [4.78, 5) is 4.03. The molecule has 1 aliphatic carbocycles. The van der Waals surface area contributed by atoms with Crippen LogP contribution in [0.4, 0.5) is 13.2 Å². The first-order valence-corrected chi connectivity index (χ1v) is 5.68. The minimum absolute atomic E-state index is 0.261. The molecule has 1 saturated carbocycles. The van der Waals surface area contributed by atoms with Gasteiger partial charge in [0.15, 0.2) is 0 Å². The van der Waals surface area contributed by atoms with Crippen molar-refractivity contribution in [1.82, 2.24) is 14.8 Å². The lowest BCUT2D eigenvalue weighted by atomic mass is 10.1. The van der Waals surface area contributed by atoms with Gasteiger partial charge < -0.3 is 10.8 Å². The Balaban J connectivity index is 2.23. The Kier molecular flexibility index (Phi) is 3.33. The van der Waals surface area contributed by atoms with Crippen molar-refractivity contribution in [2.45, 2.75) is 50.6 Å². The molecule has 0 aliphatic heterocycles. The second kappa shape index (κ2) is 4.51. The number of halogens is 3. The molecule has 1 heterocycles. The molecule has 0 spiro atoms. The summed E-state index contributed by atoms with van der Waals surface area (Å²) in [5.74, 6) is 0.291. The molecule has 0 saturated heterocycles. The van der Waals surface area contributed by atoms with Crippen molar-refractivity contribution in [2.24, 2.45) is 5.73 Å². The molecular formula is C10H15F3N4O. The Hall–Kier alpha value is -1.15. The summed E-state index contributed by atoms with van der Waals surface area (Å²) >= 11 is 0. The molecule has 1 fully saturated rings. The Morgan fingerprint density at radius 3 is 2.61 bits per heavy atom. The Morgan fingerprint density at radius 2 is 2.11 bits per heavy atom. The van der Waals surface area contributed by atoms with Crippen LogP contribution in [0.5, 0.6) is 0 Å². The number of alkyl halides is 3. The maximum absolute atomic E-state index is 12.4. The van der Waals surface area contributed by atoms with Crippen molar-refractivity contribution in [3.63, 3.8) is 0 Å². The zero-order valence-corrected chi connectivity index (χ0v) is 9.85. The van der Waals surface area contributed by atoms with Crippen LogP contribution in [0.25, 0.3) is 0 Å². The minimum Gasteiger partial charge on any atom is -0.391 e. The van der Waals surface area contributed by atoms with Crippen molar-refractivity contribution in [3.8, 4) is 0 Å². The predicted octanol–water partition coefficient (Wildman–Crippen LogP) is 0.714. The molecular weight excluding hydrogens is 249 g/mol. The van der Waals surface area contributed by atoms with E-state index in [1.807, 2.05) is 0 Å². The van der Waals surface area contributed by atoms with Gasteiger partial charge in [0.25, 0.3) is 0 Å². The normalized spacial score (nSPS) is 28.9. The molecule has 1 aliphatic rings. The van der Waals surface area contributed by atoms with Crippen molar-refractivity contribution >= 4 is 0 Å². The summed E-state index contributed by atoms with van der Waals surface area (Å²) in [6.45, 7) is 0.382. The van der Waals surface area contributed by atoms with Gasteiger partial charge in [0.05, 0.1) is 6.10 Å². The maximum Gasteiger partial charge on any atom is 0.408 e. The fourth-order valence-electron chi connectivity index (χ4n) is 2.32. The third-order valence-electron chi connectivity index (χ3n) is 3.08. The fourth-order valence-corrected chi connectivity index (χ4v) is 2.32. The van der Waals surface area contributed by atoms with Crippen molar-refractivity contribution in [2.75, 3.05) is 0 Å². The average molecular weight is 264 g/mol. The zero-order chi connectivity index (χ0) is 13.5. The van der Waals surface area contributed by atoms with Crippen LogP contribution in [-0.2, 0) is 6.54 Å². The topological polar surface area (TPSA) is 77.0 Å². The van der Waals surface area contributed by atoms with Crippen LogP contribution in [0.2, 0.25) is 0 Å². The summed E-state index contributed by atoms with van der Waals surface area (Å²) < 4.78 is 38.1. The lowest BCUT2D eigenvalue weighted by molar-refractivity contribution is -0.143. The van der Waals surface area contributed by atoms with E-state index in [4.69, 9.17) is 5.73 Å². The molecule has 0 aromatic carbocycles. The zero-order valence-electron chi connectivity index (χ0n) is 9.85. The Morgan fingerprint density at radius 1 is 1.44 bits per heavy atom. The van der Waals surface area contributed by atoms with Gasteiger partial charge in [0.1, 0.15) is 18.2 Å². The van der Waals surface area contributed by atoms with Gasteiger partial charge in [0, 0.05) is 12.0 Å². The van der Waals surface area contributed by atoms with E-state index >= 15 is 0 Å². The highest BCUT2D eigenvalue weighted by molar-refractivity contribution is 5.06. The second-order valence-corrected chi connectivity index (χ2v) is 4.69. The van der Waals surface area contributed by atoms with Gasteiger partial charge in [-0.05, 0) is 19.8 Å². The molecule has 2 rings (SSSR count). The number of hydrogen-bond acceptors (Lipinski definition) is 4. The van der Waals surface area contributed by atoms with E-state index in [0.717, 1.165) is 4.68 Å². The molecule has 0 unspecified atom stereocenters. The molecule has 18 heavy (non-hydrogen) atoms. The second-order valence-electron chi connectivity index (χ2n) is 4.69. The van der Waals surface area contributed by atoms with Gasteiger partial charge in [0.2, 0.25) is 0 Å². The van der Waals surface area contributed by atoms with Gasteiger partial charge in [-0.3, -0.25) is 0 Å². The van der Waals surface area contributed by atoms with Crippen molar-refractivity contribution in [1.29, 1.82) is 0 Å². The largest absolute Gasteiger partial charge is 0.408 e. The van der Waals surface area contributed by atoms with Crippen LogP contribution in [0.15, 0.2) is 0 Å². The highest BCUT2D eigenvalue weighted by Gasteiger charge is 2.37. The molecule has 3 atom stereocenters. The van der Waals surface area contributed by atoms with Gasteiger partial charge in [-0.25, -0.2) is 9.67 Å². The van der Waals surface area contributed by atoms with Crippen LogP contribution >= 0.6 is 0 Å². The molecule has 5 nitrogen and oxygen atoms in total. The summed E-state index contributed by atoms with van der Waals surface area (Å²) in [6, 6.07) is -0.411. The van der Waals surface area contributed by atoms with Gasteiger partial charge >= 0.3 is 6.18 Å². The fraction of sp³-hybridized carbons (Fsp3) is 0.800.